The first-order chi connectivity index (χ1) is 19.2. The van der Waals surface area contributed by atoms with Gasteiger partial charge in [-0.1, -0.05) is 26.0 Å². The summed E-state index contributed by atoms with van der Waals surface area (Å²) in [5, 5.41) is 20.3. The lowest BCUT2D eigenvalue weighted by atomic mass is 9.75. The first-order valence-corrected chi connectivity index (χ1v) is 14.3. The number of hydrogen-bond donors (Lipinski definition) is 3. The number of halogens is 1. The number of aromatic nitrogens is 2. The number of nitrogens with one attached hydrogen (secondary N) is 2. The van der Waals surface area contributed by atoms with Crippen molar-refractivity contribution in [2.75, 3.05) is 0 Å². The molecule has 4 atom stereocenters. The average molecular weight is 565 g/mol. The number of benzene rings is 1. The molecule has 4 rings (SSSR count). The van der Waals surface area contributed by atoms with Crippen molar-refractivity contribution < 1.29 is 19.1 Å². The van der Waals surface area contributed by atoms with Gasteiger partial charge in [0, 0.05) is 29.0 Å². The molecule has 2 aromatic rings. The fourth-order valence-corrected chi connectivity index (χ4v) is 6.23. The average Bonchev–Trinajstić information content (AvgIpc) is 3.37. The van der Waals surface area contributed by atoms with Crippen molar-refractivity contribution in [3.8, 4) is 0 Å². The Morgan fingerprint density at radius 2 is 1.98 bits per heavy atom. The maximum absolute atomic E-state index is 14.3. The smallest absolute Gasteiger partial charge is 0.267 e. The normalized spacial score (nSPS) is 23.3. The van der Waals surface area contributed by atoms with Gasteiger partial charge in [0.25, 0.3) is 11.5 Å². The molecule has 3 N–H and O–H groups in total. The lowest BCUT2D eigenvalue weighted by Gasteiger charge is -2.44. The van der Waals surface area contributed by atoms with Crippen LogP contribution >= 0.6 is 0 Å². The number of aromatic amines is 1. The molecule has 1 aromatic heterocycles. The van der Waals surface area contributed by atoms with E-state index in [1.54, 1.807) is 56.0 Å². The summed E-state index contributed by atoms with van der Waals surface area (Å²) in [6, 6.07) is 5.41. The van der Waals surface area contributed by atoms with Crippen molar-refractivity contribution >= 4 is 11.8 Å². The molecule has 0 radical (unpaired) electrons. The lowest BCUT2D eigenvalue weighted by molar-refractivity contribution is -0.143. The van der Waals surface area contributed by atoms with Crippen LogP contribution in [0.1, 0.15) is 86.1 Å². The zero-order chi connectivity index (χ0) is 30.1. The molecule has 8 nitrogen and oxygen atoms in total. The number of likely N-dealkylation sites (tertiary alicyclic amines) is 1. The van der Waals surface area contributed by atoms with Crippen molar-refractivity contribution in [1.82, 2.24) is 20.4 Å². The first-order valence-electron chi connectivity index (χ1n) is 14.3. The fourth-order valence-electron chi connectivity index (χ4n) is 6.23. The number of carbonyl (C=O) groups is 2. The summed E-state index contributed by atoms with van der Waals surface area (Å²) in [6.07, 6.45) is 7.34. The van der Waals surface area contributed by atoms with E-state index < -0.39 is 23.1 Å². The van der Waals surface area contributed by atoms with Gasteiger partial charge in [0.2, 0.25) is 5.91 Å². The number of rotatable bonds is 8. The van der Waals surface area contributed by atoms with E-state index in [1.807, 2.05) is 26.8 Å². The largest absolute Gasteiger partial charge is 0.388 e. The number of aliphatic hydroxyl groups is 1. The van der Waals surface area contributed by atoms with Crippen LogP contribution in [0.3, 0.4) is 0 Å². The number of allylic oxidation sites excluding steroid dienone is 3. The molecule has 0 spiro atoms. The van der Waals surface area contributed by atoms with Crippen LogP contribution in [-0.4, -0.2) is 55.7 Å². The van der Waals surface area contributed by atoms with E-state index in [0.29, 0.717) is 48.9 Å². The molecular weight excluding hydrogens is 523 g/mol. The Hall–Kier alpha value is -3.59. The van der Waals surface area contributed by atoms with Gasteiger partial charge in [-0.15, -0.1) is 0 Å². The third kappa shape index (κ3) is 6.50. The van der Waals surface area contributed by atoms with Gasteiger partial charge in [-0.05, 0) is 94.9 Å². The van der Waals surface area contributed by atoms with Crippen molar-refractivity contribution in [2.24, 2.45) is 5.41 Å². The number of carbonyl (C=O) groups excluding carboxylic acids is 2. The van der Waals surface area contributed by atoms with Gasteiger partial charge in [0.05, 0.1) is 17.3 Å². The number of aryl methyl sites for hydroxylation is 2. The molecule has 1 aliphatic carbocycles. The van der Waals surface area contributed by atoms with Crippen LogP contribution in [0.5, 0.6) is 0 Å². The quantitative estimate of drug-likeness (QED) is 0.439. The van der Waals surface area contributed by atoms with Crippen LogP contribution in [0.25, 0.3) is 0 Å². The maximum Gasteiger partial charge on any atom is 0.267 e. The van der Waals surface area contributed by atoms with Crippen LogP contribution in [-0.2, 0) is 11.2 Å². The Morgan fingerprint density at radius 1 is 1.24 bits per heavy atom. The zero-order valence-electron chi connectivity index (χ0n) is 24.8. The highest BCUT2D eigenvalue weighted by Gasteiger charge is 2.51. The van der Waals surface area contributed by atoms with E-state index in [-0.39, 0.29) is 29.2 Å². The van der Waals surface area contributed by atoms with Gasteiger partial charge in [0.1, 0.15) is 11.9 Å². The summed E-state index contributed by atoms with van der Waals surface area (Å²) in [7, 11) is 0. The second-order valence-corrected chi connectivity index (χ2v) is 12.3. The fraction of sp³-hybridized carbons (Fsp3) is 0.500. The Bertz CT molecular complexity index is 1440. The molecule has 41 heavy (non-hydrogen) atoms. The molecule has 2 amide bonds. The Balaban J connectivity index is 1.55. The summed E-state index contributed by atoms with van der Waals surface area (Å²) in [5.74, 6) is -0.993. The SMILES string of the molecule is CC[C@@H](NC(=O)c1ccc(Cc2cc(C)n[nH]c2=O)c(C)c1)C(=O)N1[C@H](C2(C)C=C(F)C=CC2)CC[C@@H]1C(C)(C)O. The molecule has 1 aromatic carbocycles. The minimum absolute atomic E-state index is 0.248. The number of hydrogen-bond acceptors (Lipinski definition) is 5. The second-order valence-electron chi connectivity index (χ2n) is 12.3. The van der Waals surface area contributed by atoms with Crippen molar-refractivity contribution in [3.05, 3.63) is 86.6 Å². The van der Waals surface area contributed by atoms with Gasteiger partial charge in [-0.2, -0.15) is 5.10 Å². The van der Waals surface area contributed by atoms with Crippen LogP contribution < -0.4 is 10.9 Å². The lowest BCUT2D eigenvalue weighted by Crippen LogP contribution is -2.59. The standard InChI is InChI=1S/C32H41FN4O4/c1-7-25(30(40)37-26(31(4,5)41)12-13-27(37)32(6)14-8-9-24(33)18-32)34-28(38)22-11-10-21(19(2)15-22)17-23-16-20(3)35-36-29(23)39/h8-11,15-16,18,25-27,41H,7,12-14,17H2,1-6H3,(H,34,38)(H,36,39)/t25-,26-,27+,32?/m1/s1. The maximum atomic E-state index is 14.3. The molecule has 1 unspecified atom stereocenters. The summed E-state index contributed by atoms with van der Waals surface area (Å²) in [4.78, 5) is 41.3. The summed E-state index contributed by atoms with van der Waals surface area (Å²) in [6.45, 7) is 10.8. The minimum atomic E-state index is -1.17. The van der Waals surface area contributed by atoms with Gasteiger partial charge in [-0.25, -0.2) is 9.49 Å². The second kappa shape index (κ2) is 11.7. The van der Waals surface area contributed by atoms with Gasteiger partial charge in [0.15, 0.2) is 0 Å². The number of nitrogens with zero attached hydrogens (tertiary/aromatic N) is 2. The minimum Gasteiger partial charge on any atom is -0.388 e. The van der Waals surface area contributed by atoms with Crippen LogP contribution in [0.4, 0.5) is 4.39 Å². The number of H-pyrrole nitrogens is 1. The summed E-state index contributed by atoms with van der Waals surface area (Å²) >= 11 is 0. The topological polar surface area (TPSA) is 115 Å². The van der Waals surface area contributed by atoms with E-state index in [0.717, 1.165) is 11.1 Å². The Kier molecular flexibility index (Phi) is 8.68. The van der Waals surface area contributed by atoms with Crippen molar-refractivity contribution in [3.63, 3.8) is 0 Å². The molecule has 0 bridgehead atoms. The molecule has 2 aliphatic rings. The molecule has 0 saturated carbocycles. The monoisotopic (exact) mass is 564 g/mol. The predicted molar refractivity (Wildman–Crippen MR) is 156 cm³/mol. The van der Waals surface area contributed by atoms with E-state index >= 15 is 0 Å². The third-order valence-electron chi connectivity index (χ3n) is 8.52. The molecule has 2 heterocycles. The first kappa shape index (κ1) is 30.4. The molecule has 1 fully saturated rings. The molecule has 1 aliphatic heterocycles. The molecule has 1 saturated heterocycles. The van der Waals surface area contributed by atoms with Gasteiger partial charge in [-0.3, -0.25) is 14.4 Å². The van der Waals surface area contributed by atoms with Gasteiger partial charge >= 0.3 is 0 Å². The molecule has 9 heteroatoms. The molecular formula is C32H41FN4O4. The summed E-state index contributed by atoms with van der Waals surface area (Å²) < 4.78 is 14.3. The van der Waals surface area contributed by atoms with Crippen molar-refractivity contribution in [2.45, 2.75) is 97.4 Å². The number of amides is 2. The van der Waals surface area contributed by atoms with E-state index in [9.17, 15) is 23.9 Å². The van der Waals surface area contributed by atoms with Crippen LogP contribution in [0.15, 0.2) is 53.1 Å². The van der Waals surface area contributed by atoms with E-state index in [2.05, 4.69) is 15.5 Å². The van der Waals surface area contributed by atoms with E-state index in [1.165, 1.54) is 6.08 Å². The van der Waals surface area contributed by atoms with Crippen LogP contribution in [0.2, 0.25) is 0 Å². The third-order valence-corrected chi connectivity index (χ3v) is 8.52. The van der Waals surface area contributed by atoms with Crippen molar-refractivity contribution in [1.29, 1.82) is 0 Å². The highest BCUT2D eigenvalue weighted by Crippen LogP contribution is 2.45. The predicted octanol–water partition coefficient (Wildman–Crippen LogP) is 4.44. The highest BCUT2D eigenvalue weighted by atomic mass is 19.1. The Labute approximate surface area is 240 Å². The van der Waals surface area contributed by atoms with E-state index in [4.69, 9.17) is 0 Å². The zero-order valence-corrected chi connectivity index (χ0v) is 24.8. The summed E-state index contributed by atoms with van der Waals surface area (Å²) in [5.41, 5.74) is 1.42. The molecule has 220 valence electrons. The highest BCUT2D eigenvalue weighted by molar-refractivity contribution is 5.98. The van der Waals surface area contributed by atoms with Crippen LogP contribution in [0, 0.1) is 19.3 Å². The van der Waals surface area contributed by atoms with Gasteiger partial charge < -0.3 is 15.3 Å². The Morgan fingerprint density at radius 3 is 2.61 bits per heavy atom.